The van der Waals surface area contributed by atoms with Gasteiger partial charge in [0.15, 0.2) is 0 Å². The smallest absolute Gasteiger partial charge is 0.227 e. The molecule has 0 saturated carbocycles. The fourth-order valence-electron chi connectivity index (χ4n) is 4.12. The molecular weight excluding hydrogens is 430 g/mol. The minimum Gasteiger partial charge on any atom is -0.488 e. The van der Waals surface area contributed by atoms with Crippen molar-refractivity contribution in [3.63, 3.8) is 0 Å². The van der Waals surface area contributed by atoms with E-state index in [4.69, 9.17) is 9.47 Å². The van der Waals surface area contributed by atoms with Gasteiger partial charge in [-0.1, -0.05) is 0 Å². The second-order valence-electron chi connectivity index (χ2n) is 8.54. The van der Waals surface area contributed by atoms with Gasteiger partial charge in [0.25, 0.3) is 0 Å². The molecule has 4 heterocycles. The molecule has 9 heteroatoms. The molecule has 2 aliphatic rings. The molecule has 0 bridgehead atoms. The van der Waals surface area contributed by atoms with Crippen LogP contribution in [0.1, 0.15) is 17.7 Å². The standard InChI is InChI=1S/C25H27N7O2/c1-33-22-15-32(16-22)14-20-4-3-19(12-29-20)30-25-28-9-7-23(31-25)17-2-5-24(18(10-17)11-26)34-21-6-8-27-13-21/h2-5,7,9-10,12,21-22,27H,6,8,13-16H2,1H3,(H,28,30,31)/t21-/m1/s1. The van der Waals surface area contributed by atoms with Gasteiger partial charge >= 0.3 is 0 Å². The SMILES string of the molecule is COC1CN(Cc2ccc(Nc3nccc(-c4ccc(O[C@@H]5CCNC5)c(C#N)c4)n3)cn2)C1. The molecule has 5 rings (SSSR count). The molecule has 3 aromatic rings. The average molecular weight is 458 g/mol. The molecule has 174 valence electrons. The fourth-order valence-corrected chi connectivity index (χ4v) is 4.12. The van der Waals surface area contributed by atoms with Crippen LogP contribution >= 0.6 is 0 Å². The third-order valence-electron chi connectivity index (χ3n) is 6.08. The predicted octanol–water partition coefficient (Wildman–Crippen LogP) is 2.73. The maximum Gasteiger partial charge on any atom is 0.227 e. The van der Waals surface area contributed by atoms with Crippen LogP contribution < -0.4 is 15.4 Å². The maximum absolute atomic E-state index is 9.63. The zero-order chi connectivity index (χ0) is 23.3. The van der Waals surface area contributed by atoms with Crippen LogP contribution in [0.4, 0.5) is 11.6 Å². The third kappa shape index (κ3) is 5.15. The molecular formula is C25H27N7O2. The first-order valence-electron chi connectivity index (χ1n) is 11.4. The summed E-state index contributed by atoms with van der Waals surface area (Å²) in [5, 5.41) is 16.1. The summed E-state index contributed by atoms with van der Waals surface area (Å²) in [5.74, 6) is 1.07. The normalized spacial score (nSPS) is 18.3. The van der Waals surface area contributed by atoms with E-state index in [0.29, 0.717) is 23.4 Å². The lowest BCUT2D eigenvalue weighted by Gasteiger charge is -2.37. The second kappa shape index (κ2) is 10.1. The van der Waals surface area contributed by atoms with E-state index in [1.807, 2.05) is 36.4 Å². The summed E-state index contributed by atoms with van der Waals surface area (Å²) < 4.78 is 11.3. The number of nitriles is 1. The molecule has 1 atom stereocenters. The first kappa shape index (κ1) is 22.2. The number of rotatable bonds is 8. The van der Waals surface area contributed by atoms with Gasteiger partial charge in [0.05, 0.1) is 34.9 Å². The summed E-state index contributed by atoms with van der Waals surface area (Å²) >= 11 is 0. The lowest BCUT2D eigenvalue weighted by atomic mass is 10.1. The maximum atomic E-state index is 9.63. The van der Waals surface area contributed by atoms with E-state index >= 15 is 0 Å². The molecule has 2 N–H and O–H groups in total. The van der Waals surface area contributed by atoms with Crippen molar-refractivity contribution in [2.75, 3.05) is 38.6 Å². The number of nitrogens with one attached hydrogen (secondary N) is 2. The zero-order valence-electron chi connectivity index (χ0n) is 19.1. The molecule has 2 aromatic heterocycles. The van der Waals surface area contributed by atoms with Crippen LogP contribution in [-0.2, 0) is 11.3 Å². The number of pyridine rings is 1. The number of benzene rings is 1. The van der Waals surface area contributed by atoms with Crippen LogP contribution in [-0.4, -0.2) is 65.3 Å². The summed E-state index contributed by atoms with van der Waals surface area (Å²) in [5.41, 5.74) is 3.87. The van der Waals surface area contributed by atoms with Gasteiger partial charge in [-0.2, -0.15) is 5.26 Å². The van der Waals surface area contributed by atoms with Gasteiger partial charge in [-0.3, -0.25) is 9.88 Å². The third-order valence-corrected chi connectivity index (χ3v) is 6.08. The van der Waals surface area contributed by atoms with Crippen molar-refractivity contribution in [1.29, 1.82) is 5.26 Å². The minimum atomic E-state index is 0.0981. The molecule has 0 aliphatic carbocycles. The Hall–Kier alpha value is -3.58. The highest BCUT2D eigenvalue weighted by Gasteiger charge is 2.26. The molecule has 9 nitrogen and oxygen atoms in total. The predicted molar refractivity (Wildman–Crippen MR) is 128 cm³/mol. The van der Waals surface area contributed by atoms with Crippen molar-refractivity contribution in [3.8, 4) is 23.1 Å². The number of methoxy groups -OCH3 is 1. The summed E-state index contributed by atoms with van der Waals surface area (Å²) in [6.07, 6.45) is 4.86. The molecule has 2 saturated heterocycles. The van der Waals surface area contributed by atoms with Crippen LogP contribution in [0, 0.1) is 11.3 Å². The van der Waals surface area contributed by atoms with E-state index in [1.165, 1.54) is 0 Å². The van der Waals surface area contributed by atoms with Gasteiger partial charge in [-0.05, 0) is 49.4 Å². The molecule has 1 aromatic carbocycles. The van der Waals surface area contributed by atoms with Gasteiger partial charge in [0, 0.05) is 45.0 Å². The lowest BCUT2D eigenvalue weighted by molar-refractivity contribution is -0.0339. The van der Waals surface area contributed by atoms with Crippen LogP contribution in [0.3, 0.4) is 0 Å². The molecule has 34 heavy (non-hydrogen) atoms. The number of hydrogen-bond donors (Lipinski definition) is 2. The van der Waals surface area contributed by atoms with Gasteiger partial charge in [0.1, 0.15) is 17.9 Å². The van der Waals surface area contributed by atoms with E-state index in [2.05, 4.69) is 36.6 Å². The van der Waals surface area contributed by atoms with Gasteiger partial charge in [0.2, 0.25) is 5.95 Å². The Labute approximate surface area is 198 Å². The van der Waals surface area contributed by atoms with E-state index in [-0.39, 0.29) is 6.10 Å². The van der Waals surface area contributed by atoms with E-state index in [9.17, 15) is 5.26 Å². The Bertz CT molecular complexity index is 1170. The Balaban J connectivity index is 1.25. The number of anilines is 2. The Kier molecular flexibility index (Phi) is 6.62. The minimum absolute atomic E-state index is 0.0981. The monoisotopic (exact) mass is 457 g/mol. The quantitative estimate of drug-likeness (QED) is 0.528. The topological polar surface area (TPSA) is 108 Å². The number of hydrogen-bond acceptors (Lipinski definition) is 9. The highest BCUT2D eigenvalue weighted by Crippen LogP contribution is 2.27. The molecule has 2 fully saturated rings. The van der Waals surface area contributed by atoms with Crippen molar-refractivity contribution in [3.05, 3.63) is 60.0 Å². The first-order valence-corrected chi connectivity index (χ1v) is 11.4. The molecule has 2 aliphatic heterocycles. The van der Waals surface area contributed by atoms with Crippen LogP contribution in [0.2, 0.25) is 0 Å². The van der Waals surface area contributed by atoms with E-state index in [0.717, 1.165) is 61.8 Å². The summed E-state index contributed by atoms with van der Waals surface area (Å²) in [4.78, 5) is 15.8. The van der Waals surface area contributed by atoms with E-state index in [1.54, 1.807) is 19.5 Å². The van der Waals surface area contributed by atoms with Crippen LogP contribution in [0.15, 0.2) is 48.8 Å². The van der Waals surface area contributed by atoms with Gasteiger partial charge in [-0.25, -0.2) is 9.97 Å². The highest BCUT2D eigenvalue weighted by molar-refractivity contribution is 5.65. The first-order chi connectivity index (χ1) is 16.7. The average Bonchev–Trinajstić information content (AvgIpc) is 3.36. The molecule has 0 spiro atoms. The number of nitrogens with zero attached hydrogens (tertiary/aromatic N) is 5. The Morgan fingerprint density at radius 1 is 1.18 bits per heavy atom. The molecule has 0 amide bonds. The van der Waals surface area contributed by atoms with Crippen LogP contribution in [0.5, 0.6) is 5.75 Å². The highest BCUT2D eigenvalue weighted by atomic mass is 16.5. The van der Waals surface area contributed by atoms with Gasteiger partial charge in [-0.15, -0.1) is 0 Å². The lowest BCUT2D eigenvalue weighted by Crippen LogP contribution is -2.51. The summed E-state index contributed by atoms with van der Waals surface area (Å²) in [6, 6.07) is 13.6. The number of likely N-dealkylation sites (tertiary alicyclic amines) is 1. The van der Waals surface area contributed by atoms with Crippen molar-refractivity contribution in [1.82, 2.24) is 25.2 Å². The second-order valence-corrected chi connectivity index (χ2v) is 8.54. The Morgan fingerprint density at radius 3 is 2.82 bits per heavy atom. The van der Waals surface area contributed by atoms with Crippen molar-refractivity contribution in [2.24, 2.45) is 0 Å². The fraction of sp³-hybridized carbons (Fsp3) is 0.360. The van der Waals surface area contributed by atoms with Crippen molar-refractivity contribution >= 4 is 11.6 Å². The molecule has 0 radical (unpaired) electrons. The largest absolute Gasteiger partial charge is 0.488 e. The van der Waals surface area contributed by atoms with Crippen molar-refractivity contribution in [2.45, 2.75) is 25.2 Å². The van der Waals surface area contributed by atoms with Gasteiger partial charge < -0.3 is 20.1 Å². The number of aromatic nitrogens is 3. The Morgan fingerprint density at radius 2 is 2.09 bits per heavy atom. The van der Waals surface area contributed by atoms with Crippen LogP contribution in [0.25, 0.3) is 11.3 Å². The molecule has 0 unspecified atom stereocenters. The summed E-state index contributed by atoms with van der Waals surface area (Å²) in [6.45, 7) is 4.43. The van der Waals surface area contributed by atoms with Crippen molar-refractivity contribution < 1.29 is 9.47 Å². The zero-order valence-corrected chi connectivity index (χ0v) is 19.1. The number of ether oxygens (including phenoxy) is 2. The summed E-state index contributed by atoms with van der Waals surface area (Å²) in [7, 11) is 1.75. The van der Waals surface area contributed by atoms with E-state index < -0.39 is 0 Å².